The molecule has 0 radical (unpaired) electrons. The van der Waals surface area contributed by atoms with E-state index >= 15 is 0 Å². The Bertz CT molecular complexity index is 334. The molecule has 16 heavy (non-hydrogen) atoms. The Hall–Kier alpha value is -0.350. The number of hydrogen-bond donors (Lipinski definition) is 2. The summed E-state index contributed by atoms with van der Waals surface area (Å²) in [5.41, 5.74) is 3.46. The molecule has 0 saturated heterocycles. The van der Waals surface area contributed by atoms with E-state index in [1.54, 1.807) is 12.1 Å². The van der Waals surface area contributed by atoms with Crippen molar-refractivity contribution in [3.8, 4) is 0 Å². The molecule has 1 atom stereocenters. The number of halogens is 3. The highest BCUT2D eigenvalue weighted by molar-refractivity contribution is 6.31. The number of benzene rings is 1. The van der Waals surface area contributed by atoms with Crippen LogP contribution in [0.4, 0.5) is 4.39 Å². The molecular weight excluding hydrogens is 250 g/mol. The van der Waals surface area contributed by atoms with E-state index in [2.05, 4.69) is 5.43 Å². The van der Waals surface area contributed by atoms with Crippen LogP contribution in [0.25, 0.3) is 0 Å². The minimum atomic E-state index is -0.396. The van der Waals surface area contributed by atoms with Crippen LogP contribution in [-0.4, -0.2) is 11.9 Å². The zero-order valence-corrected chi connectivity index (χ0v) is 10.4. The summed E-state index contributed by atoms with van der Waals surface area (Å²) in [7, 11) is 0. The van der Waals surface area contributed by atoms with E-state index in [1.807, 2.05) is 0 Å². The van der Waals surface area contributed by atoms with Crippen molar-refractivity contribution in [2.24, 2.45) is 5.84 Å². The third-order valence-electron chi connectivity index (χ3n) is 2.42. The Morgan fingerprint density at radius 3 is 2.81 bits per heavy atom. The fourth-order valence-electron chi connectivity index (χ4n) is 1.54. The summed E-state index contributed by atoms with van der Waals surface area (Å²) in [6.45, 7) is 0. The van der Waals surface area contributed by atoms with E-state index in [1.165, 1.54) is 6.07 Å². The lowest BCUT2D eigenvalue weighted by molar-refractivity contribution is 0.486. The van der Waals surface area contributed by atoms with Gasteiger partial charge in [0, 0.05) is 11.9 Å². The molecule has 0 spiro atoms. The summed E-state index contributed by atoms with van der Waals surface area (Å²) in [5, 5.41) is 0.175. The van der Waals surface area contributed by atoms with Gasteiger partial charge in [-0.05, 0) is 30.9 Å². The Kier molecular flexibility index (Phi) is 6.06. The highest BCUT2D eigenvalue weighted by atomic mass is 35.5. The van der Waals surface area contributed by atoms with Gasteiger partial charge >= 0.3 is 0 Å². The van der Waals surface area contributed by atoms with Crippen molar-refractivity contribution < 1.29 is 4.39 Å². The predicted octanol–water partition coefficient (Wildman–Crippen LogP) is 2.87. The monoisotopic (exact) mass is 264 g/mol. The van der Waals surface area contributed by atoms with Crippen LogP contribution >= 0.6 is 23.2 Å². The lowest BCUT2D eigenvalue weighted by atomic mass is 10.0. The second-order valence-corrected chi connectivity index (χ2v) is 4.37. The fourth-order valence-corrected chi connectivity index (χ4v) is 1.90. The first kappa shape index (κ1) is 13.7. The second kappa shape index (κ2) is 7.07. The summed E-state index contributed by atoms with van der Waals surface area (Å²) in [4.78, 5) is 0. The molecule has 90 valence electrons. The average molecular weight is 265 g/mol. The van der Waals surface area contributed by atoms with E-state index in [4.69, 9.17) is 29.0 Å². The molecule has 0 heterocycles. The largest absolute Gasteiger partial charge is 0.271 e. The molecular formula is C11H15Cl2FN2. The van der Waals surface area contributed by atoms with Crippen molar-refractivity contribution in [1.82, 2.24) is 5.43 Å². The van der Waals surface area contributed by atoms with Gasteiger partial charge < -0.3 is 0 Å². The average Bonchev–Trinajstić information content (AvgIpc) is 2.30. The minimum Gasteiger partial charge on any atom is -0.271 e. The molecule has 0 saturated carbocycles. The highest BCUT2D eigenvalue weighted by Gasteiger charge is 2.11. The van der Waals surface area contributed by atoms with E-state index in [-0.39, 0.29) is 11.1 Å². The number of hydrazine groups is 1. The quantitative estimate of drug-likeness (QED) is 0.471. The SMILES string of the molecule is NNC(CCCCl)Cc1cccc(F)c1Cl. The first-order chi connectivity index (χ1) is 7.69. The maximum atomic E-state index is 13.2. The first-order valence-corrected chi connectivity index (χ1v) is 6.05. The Morgan fingerprint density at radius 2 is 2.19 bits per heavy atom. The molecule has 0 fully saturated rings. The maximum absolute atomic E-state index is 13.2. The van der Waals surface area contributed by atoms with Crippen molar-refractivity contribution in [2.75, 3.05) is 5.88 Å². The maximum Gasteiger partial charge on any atom is 0.142 e. The van der Waals surface area contributed by atoms with E-state index < -0.39 is 5.82 Å². The molecule has 3 N–H and O–H groups in total. The van der Waals surface area contributed by atoms with Crippen LogP contribution in [-0.2, 0) is 6.42 Å². The van der Waals surface area contributed by atoms with Gasteiger partial charge in [-0.1, -0.05) is 23.7 Å². The fraction of sp³-hybridized carbons (Fsp3) is 0.455. The topological polar surface area (TPSA) is 38.0 Å². The molecule has 0 bridgehead atoms. The van der Waals surface area contributed by atoms with Crippen LogP contribution in [0.15, 0.2) is 18.2 Å². The molecule has 0 amide bonds. The van der Waals surface area contributed by atoms with E-state index in [0.29, 0.717) is 12.3 Å². The second-order valence-electron chi connectivity index (χ2n) is 3.61. The zero-order chi connectivity index (χ0) is 12.0. The normalized spacial score (nSPS) is 12.8. The van der Waals surface area contributed by atoms with Crippen molar-refractivity contribution in [3.63, 3.8) is 0 Å². The zero-order valence-electron chi connectivity index (χ0n) is 8.85. The Labute approximate surface area is 105 Å². The van der Waals surface area contributed by atoms with Crippen LogP contribution in [0.3, 0.4) is 0 Å². The minimum absolute atomic E-state index is 0.0676. The third-order valence-corrected chi connectivity index (χ3v) is 3.11. The Balaban J connectivity index is 2.66. The van der Waals surface area contributed by atoms with Gasteiger partial charge in [-0.2, -0.15) is 0 Å². The van der Waals surface area contributed by atoms with Gasteiger partial charge in [0.1, 0.15) is 5.82 Å². The molecule has 0 aliphatic rings. The number of alkyl halides is 1. The molecule has 1 aromatic carbocycles. The number of hydrogen-bond acceptors (Lipinski definition) is 2. The lowest BCUT2D eigenvalue weighted by Gasteiger charge is -2.16. The molecule has 5 heteroatoms. The summed E-state index contributed by atoms with van der Waals surface area (Å²) in [6, 6.07) is 4.86. The summed E-state index contributed by atoms with van der Waals surface area (Å²) in [5.74, 6) is 5.62. The van der Waals surface area contributed by atoms with Gasteiger partial charge in [0.2, 0.25) is 0 Å². The first-order valence-electron chi connectivity index (χ1n) is 5.14. The van der Waals surface area contributed by atoms with Gasteiger partial charge in [0.25, 0.3) is 0 Å². The highest BCUT2D eigenvalue weighted by Crippen LogP contribution is 2.21. The molecule has 0 aliphatic heterocycles. The summed E-state index contributed by atoms with van der Waals surface area (Å²) >= 11 is 11.5. The van der Waals surface area contributed by atoms with Gasteiger partial charge in [0.15, 0.2) is 0 Å². The summed E-state index contributed by atoms with van der Waals surface area (Å²) in [6.07, 6.45) is 2.31. The van der Waals surface area contributed by atoms with E-state index in [0.717, 1.165) is 18.4 Å². The molecule has 1 rings (SSSR count). The molecule has 0 aliphatic carbocycles. The van der Waals surface area contributed by atoms with Crippen molar-refractivity contribution in [3.05, 3.63) is 34.6 Å². The van der Waals surface area contributed by atoms with Gasteiger partial charge in [-0.25, -0.2) is 4.39 Å². The lowest BCUT2D eigenvalue weighted by Crippen LogP contribution is -2.36. The molecule has 0 aromatic heterocycles. The molecule has 1 unspecified atom stereocenters. The van der Waals surface area contributed by atoms with Crippen molar-refractivity contribution in [2.45, 2.75) is 25.3 Å². The van der Waals surface area contributed by atoms with Crippen LogP contribution in [0, 0.1) is 5.82 Å². The van der Waals surface area contributed by atoms with Crippen LogP contribution in [0.1, 0.15) is 18.4 Å². The van der Waals surface area contributed by atoms with Gasteiger partial charge in [-0.15, -0.1) is 11.6 Å². The van der Waals surface area contributed by atoms with Crippen molar-refractivity contribution >= 4 is 23.2 Å². The van der Waals surface area contributed by atoms with Crippen LogP contribution in [0.5, 0.6) is 0 Å². The summed E-state index contributed by atoms with van der Waals surface area (Å²) < 4.78 is 13.2. The smallest absolute Gasteiger partial charge is 0.142 e. The number of rotatable bonds is 6. The molecule has 2 nitrogen and oxygen atoms in total. The predicted molar refractivity (Wildman–Crippen MR) is 66.2 cm³/mol. The molecule has 1 aromatic rings. The van der Waals surface area contributed by atoms with Crippen molar-refractivity contribution in [1.29, 1.82) is 0 Å². The third kappa shape index (κ3) is 3.91. The van der Waals surface area contributed by atoms with Crippen LogP contribution < -0.4 is 11.3 Å². The van der Waals surface area contributed by atoms with E-state index in [9.17, 15) is 4.39 Å². The standard InChI is InChI=1S/C11H15Cl2FN2/c12-6-2-4-9(16-15)7-8-3-1-5-10(14)11(8)13/h1,3,5,9,16H,2,4,6-7,15H2. The number of nitrogens with one attached hydrogen (secondary N) is 1. The van der Waals surface area contributed by atoms with Gasteiger partial charge in [0.05, 0.1) is 5.02 Å². The van der Waals surface area contributed by atoms with Crippen LogP contribution in [0.2, 0.25) is 5.02 Å². The number of nitrogens with two attached hydrogens (primary N) is 1. The Morgan fingerprint density at radius 1 is 1.44 bits per heavy atom. The van der Waals surface area contributed by atoms with Gasteiger partial charge in [-0.3, -0.25) is 11.3 Å².